The highest BCUT2D eigenvalue weighted by Gasteiger charge is 2.07. The molecule has 0 aromatic heterocycles. The van der Waals surface area contributed by atoms with E-state index in [0.29, 0.717) is 23.0 Å². The fourth-order valence-corrected chi connectivity index (χ4v) is 2.11. The lowest BCUT2D eigenvalue weighted by molar-refractivity contribution is -0.137. The summed E-state index contributed by atoms with van der Waals surface area (Å²) >= 11 is 3.27. The van der Waals surface area contributed by atoms with Crippen LogP contribution in [0.5, 0.6) is 0 Å². The van der Waals surface area contributed by atoms with Gasteiger partial charge >= 0.3 is 5.97 Å². The average molecular weight is 346 g/mol. The van der Waals surface area contributed by atoms with Crippen molar-refractivity contribution >= 4 is 27.8 Å². The first-order valence-electron chi connectivity index (χ1n) is 6.41. The number of amides is 1. The Morgan fingerprint density at radius 1 is 1.25 bits per heavy atom. The number of carbonyl (C=O) groups excluding carboxylic acids is 1. The second-order valence-corrected chi connectivity index (χ2v) is 5.32. The molecule has 0 aliphatic carbocycles. The Hall–Kier alpha value is -1.43. The van der Waals surface area contributed by atoms with Gasteiger partial charge in [0.1, 0.15) is 5.82 Å². The number of unbranched alkanes of at least 4 members (excludes halogenated alkanes) is 2. The molecule has 110 valence electrons. The molecule has 0 saturated carbocycles. The van der Waals surface area contributed by atoms with Gasteiger partial charge in [0.2, 0.25) is 5.91 Å². The van der Waals surface area contributed by atoms with Gasteiger partial charge < -0.3 is 10.4 Å². The van der Waals surface area contributed by atoms with E-state index in [-0.39, 0.29) is 24.6 Å². The van der Waals surface area contributed by atoms with Crippen molar-refractivity contribution in [1.82, 2.24) is 5.32 Å². The number of halogens is 2. The second kappa shape index (κ2) is 8.68. The Labute approximate surface area is 125 Å². The highest BCUT2D eigenvalue weighted by Crippen LogP contribution is 2.18. The van der Waals surface area contributed by atoms with Crippen LogP contribution in [0.4, 0.5) is 4.39 Å². The summed E-state index contributed by atoms with van der Waals surface area (Å²) in [6, 6.07) is 4.23. The van der Waals surface area contributed by atoms with E-state index in [1.54, 1.807) is 6.07 Å². The van der Waals surface area contributed by atoms with Crippen molar-refractivity contribution in [2.45, 2.75) is 32.1 Å². The molecule has 6 heteroatoms. The zero-order valence-corrected chi connectivity index (χ0v) is 12.6. The molecule has 0 spiro atoms. The predicted molar refractivity (Wildman–Crippen MR) is 76.9 cm³/mol. The molecule has 1 aromatic carbocycles. The number of carboxylic acid groups (broad SMARTS) is 1. The molecule has 0 saturated heterocycles. The molecule has 1 rings (SSSR count). The van der Waals surface area contributed by atoms with Gasteiger partial charge in [-0.1, -0.05) is 22.4 Å². The van der Waals surface area contributed by atoms with E-state index in [9.17, 15) is 14.0 Å². The van der Waals surface area contributed by atoms with Gasteiger partial charge in [-0.2, -0.15) is 0 Å². The van der Waals surface area contributed by atoms with E-state index < -0.39 is 5.97 Å². The fraction of sp³-hybridized carbons (Fsp3) is 0.429. The van der Waals surface area contributed by atoms with Crippen LogP contribution in [0.1, 0.15) is 31.2 Å². The van der Waals surface area contributed by atoms with E-state index in [0.717, 1.165) is 12.8 Å². The number of nitrogens with one attached hydrogen (secondary N) is 1. The van der Waals surface area contributed by atoms with E-state index in [1.165, 1.54) is 12.1 Å². The third-order valence-electron chi connectivity index (χ3n) is 2.75. The van der Waals surface area contributed by atoms with Gasteiger partial charge in [-0.05, 0) is 36.6 Å². The minimum absolute atomic E-state index is 0.119. The highest BCUT2D eigenvalue weighted by molar-refractivity contribution is 9.10. The molecule has 0 aliphatic rings. The molecule has 4 nitrogen and oxygen atoms in total. The van der Waals surface area contributed by atoms with Crippen LogP contribution in [-0.4, -0.2) is 23.5 Å². The number of rotatable bonds is 8. The molecule has 0 aliphatic heterocycles. The van der Waals surface area contributed by atoms with Crippen LogP contribution in [0.15, 0.2) is 22.7 Å². The number of aliphatic carboxylic acids is 1. The van der Waals surface area contributed by atoms with Crippen molar-refractivity contribution in [3.63, 3.8) is 0 Å². The minimum atomic E-state index is -0.801. The van der Waals surface area contributed by atoms with Gasteiger partial charge in [-0.25, -0.2) is 4.39 Å². The van der Waals surface area contributed by atoms with Gasteiger partial charge in [0.15, 0.2) is 0 Å². The molecule has 0 bridgehead atoms. The van der Waals surface area contributed by atoms with Crippen molar-refractivity contribution in [2.75, 3.05) is 6.54 Å². The Morgan fingerprint density at radius 3 is 2.70 bits per heavy atom. The van der Waals surface area contributed by atoms with Crippen LogP contribution in [0, 0.1) is 5.82 Å². The first-order valence-corrected chi connectivity index (χ1v) is 7.21. The summed E-state index contributed by atoms with van der Waals surface area (Å²) < 4.78 is 13.8. The monoisotopic (exact) mass is 345 g/mol. The van der Waals surface area contributed by atoms with Crippen LogP contribution in [0.3, 0.4) is 0 Å². The SMILES string of the molecule is O=C(O)CCCCCNC(=O)Cc1cc(F)ccc1Br. The summed E-state index contributed by atoms with van der Waals surface area (Å²) in [5.41, 5.74) is 0.605. The van der Waals surface area contributed by atoms with Gasteiger partial charge in [0.25, 0.3) is 0 Å². The maximum Gasteiger partial charge on any atom is 0.303 e. The number of carbonyl (C=O) groups is 2. The van der Waals surface area contributed by atoms with E-state index in [4.69, 9.17) is 5.11 Å². The normalized spacial score (nSPS) is 10.3. The summed E-state index contributed by atoms with van der Waals surface area (Å²) in [4.78, 5) is 22.0. The third-order valence-corrected chi connectivity index (χ3v) is 3.52. The van der Waals surface area contributed by atoms with Gasteiger partial charge in [0.05, 0.1) is 6.42 Å². The molecule has 0 unspecified atom stereocenters. The number of carboxylic acids is 1. The maximum atomic E-state index is 13.1. The molecule has 2 N–H and O–H groups in total. The molecule has 0 atom stereocenters. The fourth-order valence-electron chi connectivity index (χ4n) is 1.72. The molecule has 0 fully saturated rings. The lowest BCUT2D eigenvalue weighted by atomic mass is 10.1. The molecular formula is C14H17BrFNO3. The smallest absolute Gasteiger partial charge is 0.303 e. The molecule has 20 heavy (non-hydrogen) atoms. The standard InChI is InChI=1S/C14H17BrFNO3/c15-12-6-5-11(16)8-10(12)9-13(18)17-7-3-1-2-4-14(19)20/h5-6,8H,1-4,7,9H2,(H,17,18)(H,19,20). The zero-order valence-electron chi connectivity index (χ0n) is 11.0. The van der Waals surface area contributed by atoms with Gasteiger partial charge in [0, 0.05) is 17.4 Å². The van der Waals surface area contributed by atoms with Crippen molar-refractivity contribution < 1.29 is 19.1 Å². The lowest BCUT2D eigenvalue weighted by Gasteiger charge is -2.06. The quantitative estimate of drug-likeness (QED) is 0.712. The molecule has 0 radical (unpaired) electrons. The average Bonchev–Trinajstić information content (AvgIpc) is 2.37. The van der Waals surface area contributed by atoms with Gasteiger partial charge in [-0.3, -0.25) is 9.59 Å². The van der Waals surface area contributed by atoms with Crippen LogP contribution >= 0.6 is 15.9 Å². The summed E-state index contributed by atoms with van der Waals surface area (Å²) in [5, 5.41) is 11.2. The van der Waals surface area contributed by atoms with Crippen molar-refractivity contribution in [1.29, 1.82) is 0 Å². The summed E-state index contributed by atoms with van der Waals surface area (Å²) in [6.07, 6.45) is 2.39. The van der Waals surface area contributed by atoms with Crippen molar-refractivity contribution in [2.24, 2.45) is 0 Å². The Bertz CT molecular complexity index is 479. The minimum Gasteiger partial charge on any atom is -0.481 e. The van der Waals surface area contributed by atoms with Crippen molar-refractivity contribution in [3.8, 4) is 0 Å². The molecular weight excluding hydrogens is 329 g/mol. The van der Waals surface area contributed by atoms with Crippen LogP contribution in [-0.2, 0) is 16.0 Å². The highest BCUT2D eigenvalue weighted by atomic mass is 79.9. The largest absolute Gasteiger partial charge is 0.481 e. The van der Waals surface area contributed by atoms with Crippen LogP contribution < -0.4 is 5.32 Å². The maximum absolute atomic E-state index is 13.1. The molecule has 0 heterocycles. The second-order valence-electron chi connectivity index (χ2n) is 4.47. The number of hydrogen-bond acceptors (Lipinski definition) is 2. The molecule has 1 aromatic rings. The van der Waals surface area contributed by atoms with E-state index >= 15 is 0 Å². The Balaban J connectivity index is 2.23. The summed E-state index contributed by atoms with van der Waals surface area (Å²) in [7, 11) is 0. The zero-order chi connectivity index (χ0) is 15.0. The topological polar surface area (TPSA) is 66.4 Å². The summed E-state index contributed by atoms with van der Waals surface area (Å²) in [6.45, 7) is 0.505. The number of benzene rings is 1. The Morgan fingerprint density at radius 2 is 2.00 bits per heavy atom. The summed E-state index contributed by atoms with van der Waals surface area (Å²) in [5.74, 6) is -1.34. The first kappa shape index (κ1) is 16.6. The van der Waals surface area contributed by atoms with Crippen molar-refractivity contribution in [3.05, 3.63) is 34.1 Å². The Kier molecular flexibility index (Phi) is 7.22. The number of hydrogen-bond donors (Lipinski definition) is 2. The first-order chi connectivity index (χ1) is 9.49. The van der Waals surface area contributed by atoms with E-state index in [2.05, 4.69) is 21.2 Å². The van der Waals surface area contributed by atoms with E-state index in [1.807, 2.05) is 0 Å². The van der Waals surface area contributed by atoms with Crippen LogP contribution in [0.2, 0.25) is 0 Å². The predicted octanol–water partition coefficient (Wildman–Crippen LogP) is 2.89. The van der Waals surface area contributed by atoms with Crippen LogP contribution in [0.25, 0.3) is 0 Å². The lowest BCUT2D eigenvalue weighted by Crippen LogP contribution is -2.26. The van der Waals surface area contributed by atoms with Gasteiger partial charge in [-0.15, -0.1) is 0 Å². The molecule has 1 amide bonds. The third kappa shape index (κ3) is 6.65.